The summed E-state index contributed by atoms with van der Waals surface area (Å²) in [6, 6.07) is 0.547. The third-order valence-corrected chi connectivity index (χ3v) is 3.39. The van der Waals surface area contributed by atoms with Gasteiger partial charge >= 0.3 is 6.09 Å². The van der Waals surface area contributed by atoms with Crippen LogP contribution in [0, 0.1) is 0 Å². The lowest BCUT2D eigenvalue weighted by Gasteiger charge is -2.34. The van der Waals surface area contributed by atoms with Gasteiger partial charge in [-0.2, -0.15) is 0 Å². The lowest BCUT2D eigenvalue weighted by Crippen LogP contribution is -2.54. The standard InChI is InChI=1S/C15H31N3O2/c1-14(2,3)20-13(19)17-15(4,5)11-16-12-7-9-18(6)10-8-12/h12,16H,7-11H2,1-6H3,(H,17,19). The third-order valence-electron chi connectivity index (χ3n) is 3.39. The number of carbonyl (C=O) groups excluding carboxylic acids is 1. The van der Waals surface area contributed by atoms with Gasteiger partial charge in [0.15, 0.2) is 0 Å². The number of carbonyl (C=O) groups is 1. The van der Waals surface area contributed by atoms with Crippen molar-refractivity contribution in [3.8, 4) is 0 Å². The third kappa shape index (κ3) is 7.10. The summed E-state index contributed by atoms with van der Waals surface area (Å²) in [6.07, 6.45) is 1.98. The van der Waals surface area contributed by atoms with Gasteiger partial charge in [-0.15, -0.1) is 0 Å². The first-order valence-corrected chi connectivity index (χ1v) is 7.50. The van der Waals surface area contributed by atoms with Crippen LogP contribution in [0.1, 0.15) is 47.5 Å². The van der Waals surface area contributed by atoms with Crippen LogP contribution in [0.3, 0.4) is 0 Å². The average Bonchev–Trinajstić information content (AvgIpc) is 2.24. The Morgan fingerprint density at radius 1 is 1.20 bits per heavy atom. The molecule has 20 heavy (non-hydrogen) atoms. The smallest absolute Gasteiger partial charge is 0.408 e. The highest BCUT2D eigenvalue weighted by Gasteiger charge is 2.26. The minimum Gasteiger partial charge on any atom is -0.444 e. The van der Waals surface area contributed by atoms with Crippen LogP contribution in [-0.4, -0.2) is 54.9 Å². The van der Waals surface area contributed by atoms with Crippen LogP contribution < -0.4 is 10.6 Å². The van der Waals surface area contributed by atoms with E-state index < -0.39 is 5.60 Å². The fourth-order valence-corrected chi connectivity index (χ4v) is 2.24. The molecule has 0 aromatic rings. The number of piperidine rings is 1. The number of rotatable bonds is 4. The van der Waals surface area contributed by atoms with Gasteiger partial charge < -0.3 is 20.3 Å². The first-order valence-electron chi connectivity index (χ1n) is 7.50. The molecular formula is C15H31N3O2. The maximum absolute atomic E-state index is 11.8. The first kappa shape index (κ1) is 17.2. The van der Waals surface area contributed by atoms with E-state index in [1.807, 2.05) is 34.6 Å². The van der Waals surface area contributed by atoms with Crippen molar-refractivity contribution >= 4 is 6.09 Å². The molecule has 1 saturated heterocycles. The van der Waals surface area contributed by atoms with E-state index in [0.29, 0.717) is 6.04 Å². The Labute approximate surface area is 123 Å². The van der Waals surface area contributed by atoms with E-state index in [2.05, 4.69) is 22.6 Å². The van der Waals surface area contributed by atoms with Gasteiger partial charge in [0.2, 0.25) is 0 Å². The molecule has 1 amide bonds. The number of nitrogens with zero attached hydrogens (tertiary/aromatic N) is 1. The van der Waals surface area contributed by atoms with Crippen LogP contribution in [0.15, 0.2) is 0 Å². The van der Waals surface area contributed by atoms with E-state index >= 15 is 0 Å². The van der Waals surface area contributed by atoms with Crippen molar-refractivity contribution < 1.29 is 9.53 Å². The average molecular weight is 285 g/mol. The summed E-state index contributed by atoms with van der Waals surface area (Å²) >= 11 is 0. The first-order chi connectivity index (χ1) is 9.07. The summed E-state index contributed by atoms with van der Waals surface area (Å²) in [5.41, 5.74) is -0.771. The summed E-state index contributed by atoms with van der Waals surface area (Å²) in [5, 5.41) is 6.48. The number of hydrogen-bond acceptors (Lipinski definition) is 4. The maximum Gasteiger partial charge on any atom is 0.408 e. The fraction of sp³-hybridized carbons (Fsp3) is 0.933. The minimum absolute atomic E-state index is 0.314. The predicted molar refractivity (Wildman–Crippen MR) is 82.0 cm³/mol. The van der Waals surface area contributed by atoms with Gasteiger partial charge in [-0.05, 0) is 67.6 Å². The molecule has 0 aliphatic carbocycles. The zero-order chi connectivity index (χ0) is 15.4. The molecule has 2 N–H and O–H groups in total. The predicted octanol–water partition coefficient (Wildman–Crippen LogP) is 1.97. The quantitative estimate of drug-likeness (QED) is 0.829. The highest BCUT2D eigenvalue weighted by Crippen LogP contribution is 2.11. The van der Waals surface area contributed by atoms with Crippen molar-refractivity contribution in [3.63, 3.8) is 0 Å². The van der Waals surface area contributed by atoms with Crippen molar-refractivity contribution in [2.45, 2.75) is 64.6 Å². The number of hydrogen-bond donors (Lipinski definition) is 2. The monoisotopic (exact) mass is 285 g/mol. The maximum atomic E-state index is 11.8. The minimum atomic E-state index is -0.457. The molecule has 5 heteroatoms. The summed E-state index contributed by atoms with van der Waals surface area (Å²) in [7, 11) is 2.16. The molecule has 118 valence electrons. The molecule has 0 saturated carbocycles. The molecule has 0 radical (unpaired) electrons. The van der Waals surface area contributed by atoms with Gasteiger partial charge in [0, 0.05) is 12.6 Å². The van der Waals surface area contributed by atoms with E-state index in [9.17, 15) is 4.79 Å². The summed E-state index contributed by atoms with van der Waals surface area (Å²) in [4.78, 5) is 14.2. The molecule has 0 aromatic heterocycles. The Kier molecular flexibility index (Phi) is 5.83. The van der Waals surface area contributed by atoms with Gasteiger partial charge in [0.05, 0.1) is 5.54 Å². The Bertz CT molecular complexity index is 316. The highest BCUT2D eigenvalue weighted by molar-refractivity contribution is 5.68. The summed E-state index contributed by atoms with van der Waals surface area (Å²) in [5.74, 6) is 0. The van der Waals surface area contributed by atoms with Crippen LogP contribution in [0.4, 0.5) is 4.79 Å². The largest absolute Gasteiger partial charge is 0.444 e. The summed E-state index contributed by atoms with van der Waals surface area (Å²) in [6.45, 7) is 12.7. The zero-order valence-corrected chi connectivity index (χ0v) is 13.9. The number of nitrogens with one attached hydrogen (secondary N) is 2. The van der Waals surface area contributed by atoms with Crippen molar-refractivity contribution in [3.05, 3.63) is 0 Å². The van der Waals surface area contributed by atoms with Gasteiger partial charge in [-0.25, -0.2) is 4.79 Å². The lowest BCUT2D eigenvalue weighted by atomic mass is 10.0. The second-order valence-corrected chi connectivity index (χ2v) is 7.47. The van der Waals surface area contributed by atoms with Crippen LogP contribution >= 0.6 is 0 Å². The van der Waals surface area contributed by atoms with E-state index in [-0.39, 0.29) is 11.6 Å². The molecule has 1 aliphatic heterocycles. The van der Waals surface area contributed by atoms with Crippen LogP contribution in [0.5, 0.6) is 0 Å². The number of alkyl carbamates (subject to hydrolysis) is 1. The Morgan fingerprint density at radius 2 is 1.75 bits per heavy atom. The molecule has 0 spiro atoms. The van der Waals surface area contributed by atoms with E-state index in [0.717, 1.165) is 19.6 Å². The second-order valence-electron chi connectivity index (χ2n) is 7.47. The second kappa shape index (κ2) is 6.76. The molecule has 1 heterocycles. The Morgan fingerprint density at radius 3 is 2.25 bits per heavy atom. The van der Waals surface area contributed by atoms with Crippen molar-refractivity contribution in [1.82, 2.24) is 15.5 Å². The van der Waals surface area contributed by atoms with Gasteiger partial charge in [0.1, 0.15) is 5.60 Å². The van der Waals surface area contributed by atoms with Crippen LogP contribution in [0.25, 0.3) is 0 Å². The van der Waals surface area contributed by atoms with Crippen molar-refractivity contribution in [1.29, 1.82) is 0 Å². The molecule has 0 unspecified atom stereocenters. The SMILES string of the molecule is CN1CCC(NCC(C)(C)NC(=O)OC(C)(C)C)CC1. The van der Waals surface area contributed by atoms with Gasteiger partial charge in [0.25, 0.3) is 0 Å². The Balaban J connectivity index is 2.32. The topological polar surface area (TPSA) is 53.6 Å². The number of likely N-dealkylation sites (tertiary alicyclic amines) is 1. The van der Waals surface area contributed by atoms with Gasteiger partial charge in [-0.1, -0.05) is 0 Å². The van der Waals surface area contributed by atoms with Gasteiger partial charge in [-0.3, -0.25) is 0 Å². The fourth-order valence-electron chi connectivity index (χ4n) is 2.24. The van der Waals surface area contributed by atoms with Crippen molar-refractivity contribution in [2.75, 3.05) is 26.7 Å². The lowest BCUT2D eigenvalue weighted by molar-refractivity contribution is 0.0469. The number of amides is 1. The normalized spacial score (nSPS) is 18.9. The molecule has 1 rings (SSSR count). The highest BCUT2D eigenvalue weighted by atomic mass is 16.6. The van der Waals surface area contributed by atoms with Crippen molar-refractivity contribution in [2.24, 2.45) is 0 Å². The molecule has 0 atom stereocenters. The van der Waals surface area contributed by atoms with Crippen LogP contribution in [-0.2, 0) is 4.74 Å². The molecule has 0 bridgehead atoms. The molecule has 0 aromatic carbocycles. The molecule has 5 nitrogen and oxygen atoms in total. The van der Waals surface area contributed by atoms with E-state index in [1.54, 1.807) is 0 Å². The Hall–Kier alpha value is -0.810. The summed E-state index contributed by atoms with van der Waals surface area (Å²) < 4.78 is 5.29. The zero-order valence-electron chi connectivity index (χ0n) is 13.9. The molecule has 1 aliphatic rings. The molecular weight excluding hydrogens is 254 g/mol. The number of ether oxygens (including phenoxy) is 1. The van der Waals surface area contributed by atoms with Crippen LogP contribution in [0.2, 0.25) is 0 Å². The molecule has 1 fully saturated rings. The van der Waals surface area contributed by atoms with E-state index in [4.69, 9.17) is 4.74 Å². The van der Waals surface area contributed by atoms with E-state index in [1.165, 1.54) is 12.8 Å².